The van der Waals surface area contributed by atoms with Gasteiger partial charge in [-0.15, -0.1) is 0 Å². The second-order valence-corrected chi connectivity index (χ2v) is 4.10. The van der Waals surface area contributed by atoms with Crippen LogP contribution in [0.1, 0.15) is 31.3 Å². The predicted octanol–water partition coefficient (Wildman–Crippen LogP) is 1.39. The highest BCUT2D eigenvalue weighted by molar-refractivity contribution is 5.12. The van der Waals surface area contributed by atoms with Crippen LogP contribution < -0.4 is 5.32 Å². The Morgan fingerprint density at radius 3 is 2.69 bits per heavy atom. The van der Waals surface area contributed by atoms with Crippen molar-refractivity contribution in [1.82, 2.24) is 20.2 Å². The van der Waals surface area contributed by atoms with E-state index in [0.29, 0.717) is 0 Å². The maximum atomic E-state index is 4.36. The molecule has 1 aromatic heterocycles. The molecule has 0 aromatic carbocycles. The fourth-order valence-corrected chi connectivity index (χ4v) is 1.57. The fourth-order valence-electron chi connectivity index (χ4n) is 1.57. The summed E-state index contributed by atoms with van der Waals surface area (Å²) >= 11 is 0. The molecule has 0 radical (unpaired) electrons. The van der Waals surface area contributed by atoms with Gasteiger partial charge in [0.05, 0.1) is 11.4 Å². The van der Waals surface area contributed by atoms with Crippen LogP contribution in [0.5, 0.6) is 0 Å². The third kappa shape index (κ3) is 3.87. The normalized spacial score (nSPS) is 13.1. The first-order valence-corrected chi connectivity index (χ1v) is 5.84. The Hall–Kier alpha value is -1.00. The summed E-state index contributed by atoms with van der Waals surface area (Å²) in [6.07, 6.45) is 3.48. The van der Waals surface area contributed by atoms with Crippen LogP contribution in [-0.4, -0.2) is 41.5 Å². The summed E-state index contributed by atoms with van der Waals surface area (Å²) in [4.78, 5) is 10.9. The molecular weight excluding hydrogens is 200 g/mol. The van der Waals surface area contributed by atoms with Crippen molar-refractivity contribution in [2.75, 3.05) is 26.7 Å². The number of hydrogen-bond donors (Lipinski definition) is 1. The summed E-state index contributed by atoms with van der Waals surface area (Å²) in [6, 6.07) is 0.263. The van der Waals surface area contributed by atoms with Crippen molar-refractivity contribution < 1.29 is 0 Å². The van der Waals surface area contributed by atoms with Crippen molar-refractivity contribution in [2.45, 2.75) is 26.8 Å². The van der Waals surface area contributed by atoms with Gasteiger partial charge in [-0.05, 0) is 27.4 Å². The first-order chi connectivity index (χ1) is 7.65. The molecule has 16 heavy (non-hydrogen) atoms. The number of nitrogens with zero attached hydrogens (tertiary/aromatic N) is 3. The van der Waals surface area contributed by atoms with Crippen LogP contribution in [0.15, 0.2) is 12.4 Å². The summed E-state index contributed by atoms with van der Waals surface area (Å²) in [5.74, 6) is 0. The number of likely N-dealkylation sites (N-methyl/N-ethyl adjacent to an activating group) is 1. The second-order valence-electron chi connectivity index (χ2n) is 4.10. The van der Waals surface area contributed by atoms with Gasteiger partial charge in [0.1, 0.15) is 0 Å². The molecule has 0 spiro atoms. The van der Waals surface area contributed by atoms with E-state index in [1.54, 1.807) is 12.4 Å². The lowest BCUT2D eigenvalue weighted by Gasteiger charge is -2.18. The van der Waals surface area contributed by atoms with E-state index in [9.17, 15) is 0 Å². The minimum absolute atomic E-state index is 0.263. The average molecular weight is 222 g/mol. The molecule has 0 aliphatic carbocycles. The molecule has 1 N–H and O–H groups in total. The maximum Gasteiger partial charge on any atom is 0.0782 e. The zero-order valence-electron chi connectivity index (χ0n) is 10.7. The molecule has 1 atom stereocenters. The molecule has 0 aliphatic heterocycles. The van der Waals surface area contributed by atoms with E-state index in [0.717, 1.165) is 31.0 Å². The molecule has 1 unspecified atom stereocenters. The Morgan fingerprint density at radius 2 is 2.06 bits per heavy atom. The second kappa shape index (κ2) is 6.55. The minimum atomic E-state index is 0.263. The molecule has 0 aliphatic rings. The van der Waals surface area contributed by atoms with Crippen molar-refractivity contribution in [1.29, 1.82) is 0 Å². The van der Waals surface area contributed by atoms with Gasteiger partial charge in [-0.2, -0.15) is 0 Å². The Kier molecular flexibility index (Phi) is 5.35. The zero-order chi connectivity index (χ0) is 12.0. The third-order valence-electron chi connectivity index (χ3n) is 2.81. The molecule has 0 fully saturated rings. The van der Waals surface area contributed by atoms with Crippen LogP contribution in [0.4, 0.5) is 0 Å². The highest BCUT2D eigenvalue weighted by Crippen LogP contribution is 2.10. The van der Waals surface area contributed by atoms with E-state index in [1.807, 2.05) is 6.92 Å². The van der Waals surface area contributed by atoms with Crippen LogP contribution in [0.3, 0.4) is 0 Å². The fraction of sp³-hybridized carbons (Fsp3) is 0.667. The van der Waals surface area contributed by atoms with E-state index >= 15 is 0 Å². The largest absolute Gasteiger partial charge is 0.308 e. The minimum Gasteiger partial charge on any atom is -0.308 e. The van der Waals surface area contributed by atoms with Gasteiger partial charge >= 0.3 is 0 Å². The Balaban J connectivity index is 2.41. The van der Waals surface area contributed by atoms with Gasteiger partial charge in [-0.1, -0.05) is 6.92 Å². The summed E-state index contributed by atoms with van der Waals surface area (Å²) < 4.78 is 0. The van der Waals surface area contributed by atoms with E-state index in [2.05, 4.69) is 41.1 Å². The van der Waals surface area contributed by atoms with Gasteiger partial charge in [0.15, 0.2) is 0 Å². The molecule has 0 saturated carbocycles. The topological polar surface area (TPSA) is 41.0 Å². The predicted molar refractivity (Wildman–Crippen MR) is 66.4 cm³/mol. The van der Waals surface area contributed by atoms with E-state index in [-0.39, 0.29) is 6.04 Å². The van der Waals surface area contributed by atoms with Crippen molar-refractivity contribution in [2.24, 2.45) is 0 Å². The maximum absolute atomic E-state index is 4.36. The number of nitrogens with one attached hydrogen (secondary N) is 1. The SMILES string of the molecule is CCN(C)CCNC(C)c1nccnc1C. The molecule has 0 saturated heterocycles. The van der Waals surface area contributed by atoms with Crippen LogP contribution in [-0.2, 0) is 0 Å². The van der Waals surface area contributed by atoms with Crippen molar-refractivity contribution >= 4 is 0 Å². The summed E-state index contributed by atoms with van der Waals surface area (Å²) in [7, 11) is 2.12. The lowest BCUT2D eigenvalue weighted by molar-refractivity contribution is 0.341. The van der Waals surface area contributed by atoms with Crippen LogP contribution >= 0.6 is 0 Å². The highest BCUT2D eigenvalue weighted by atomic mass is 15.1. The molecule has 0 bridgehead atoms. The first kappa shape index (κ1) is 13.1. The van der Waals surface area contributed by atoms with Gasteiger partial charge in [0, 0.05) is 31.5 Å². The molecule has 1 rings (SSSR count). The average Bonchev–Trinajstić information content (AvgIpc) is 2.29. The molecule has 0 amide bonds. The molecule has 4 heteroatoms. The summed E-state index contributed by atoms with van der Waals surface area (Å²) in [5.41, 5.74) is 2.05. The molecular formula is C12H22N4. The van der Waals surface area contributed by atoms with Gasteiger partial charge in [0.2, 0.25) is 0 Å². The van der Waals surface area contributed by atoms with Gasteiger partial charge in [0.25, 0.3) is 0 Å². The number of rotatable bonds is 6. The standard InChI is InChI=1S/C12H22N4/c1-5-16(4)9-8-14-11(3)12-10(2)13-6-7-15-12/h6-7,11,14H,5,8-9H2,1-4H3. The number of aryl methyl sites for hydroxylation is 1. The summed E-state index contributed by atoms with van der Waals surface area (Å²) in [5, 5.41) is 3.46. The van der Waals surface area contributed by atoms with Crippen molar-refractivity contribution in [3.8, 4) is 0 Å². The zero-order valence-corrected chi connectivity index (χ0v) is 10.7. The van der Waals surface area contributed by atoms with Crippen LogP contribution in [0.2, 0.25) is 0 Å². The Morgan fingerprint density at radius 1 is 1.38 bits per heavy atom. The Labute approximate surface area is 98.1 Å². The summed E-state index contributed by atoms with van der Waals surface area (Å²) in [6.45, 7) is 9.40. The lowest BCUT2D eigenvalue weighted by atomic mass is 10.2. The molecule has 1 aromatic rings. The monoisotopic (exact) mass is 222 g/mol. The quantitative estimate of drug-likeness (QED) is 0.789. The van der Waals surface area contributed by atoms with Crippen LogP contribution in [0.25, 0.3) is 0 Å². The van der Waals surface area contributed by atoms with Gasteiger partial charge in [-0.3, -0.25) is 9.97 Å². The van der Waals surface area contributed by atoms with E-state index in [1.165, 1.54) is 0 Å². The van der Waals surface area contributed by atoms with E-state index < -0.39 is 0 Å². The Bertz CT molecular complexity index is 314. The molecule has 4 nitrogen and oxygen atoms in total. The smallest absolute Gasteiger partial charge is 0.0782 e. The lowest BCUT2D eigenvalue weighted by Crippen LogP contribution is -2.31. The number of aromatic nitrogens is 2. The van der Waals surface area contributed by atoms with Gasteiger partial charge < -0.3 is 10.2 Å². The van der Waals surface area contributed by atoms with Gasteiger partial charge in [-0.25, -0.2) is 0 Å². The molecule has 1 heterocycles. The van der Waals surface area contributed by atoms with Crippen molar-refractivity contribution in [3.63, 3.8) is 0 Å². The van der Waals surface area contributed by atoms with E-state index in [4.69, 9.17) is 0 Å². The third-order valence-corrected chi connectivity index (χ3v) is 2.81. The van der Waals surface area contributed by atoms with Crippen molar-refractivity contribution in [3.05, 3.63) is 23.8 Å². The highest BCUT2D eigenvalue weighted by Gasteiger charge is 2.09. The number of hydrogen-bond acceptors (Lipinski definition) is 4. The molecule has 90 valence electrons. The first-order valence-electron chi connectivity index (χ1n) is 5.84. The van der Waals surface area contributed by atoms with Crippen LogP contribution in [0, 0.1) is 6.92 Å².